The highest BCUT2D eigenvalue weighted by molar-refractivity contribution is 5.88. The van der Waals surface area contributed by atoms with Crippen LogP contribution >= 0.6 is 0 Å². The van der Waals surface area contributed by atoms with Crippen LogP contribution in [0.4, 0.5) is 5.69 Å². The van der Waals surface area contributed by atoms with Gasteiger partial charge in [-0.2, -0.15) is 0 Å². The molecule has 5 heteroatoms. The normalized spacial score (nSPS) is 10.4. The van der Waals surface area contributed by atoms with Gasteiger partial charge in [0.2, 0.25) is 0 Å². The van der Waals surface area contributed by atoms with Gasteiger partial charge in [0, 0.05) is 12.2 Å². The molecule has 0 aromatic heterocycles. The molecule has 0 aliphatic carbocycles. The van der Waals surface area contributed by atoms with Crippen LogP contribution in [0.5, 0.6) is 11.5 Å². The lowest BCUT2D eigenvalue weighted by atomic mass is 10.1. The standard InChI is InChI=1S/C20H25NO4/c1-4-10-25-18-9-6-15(12-19(18)24-5-2)13-21-17-8-7-16(20(22)23)11-14(17)3/h6-9,11-12,21H,4-5,10,13H2,1-3H3,(H,22,23). The predicted octanol–water partition coefficient (Wildman–Crippen LogP) is 4.49. The number of carboxylic acid groups (broad SMARTS) is 1. The van der Waals surface area contributed by atoms with Crippen LogP contribution in [0.25, 0.3) is 0 Å². The van der Waals surface area contributed by atoms with Gasteiger partial charge in [-0.3, -0.25) is 0 Å². The Balaban J connectivity index is 2.09. The second-order valence-corrected chi connectivity index (χ2v) is 5.75. The van der Waals surface area contributed by atoms with Crippen LogP contribution in [0.2, 0.25) is 0 Å². The minimum absolute atomic E-state index is 0.291. The van der Waals surface area contributed by atoms with Gasteiger partial charge in [0.1, 0.15) is 0 Å². The molecule has 2 aromatic carbocycles. The van der Waals surface area contributed by atoms with E-state index in [1.165, 1.54) is 0 Å². The molecule has 0 saturated heterocycles. The van der Waals surface area contributed by atoms with Crippen molar-refractivity contribution in [2.24, 2.45) is 0 Å². The number of carboxylic acids is 1. The van der Waals surface area contributed by atoms with Crippen molar-refractivity contribution in [3.8, 4) is 11.5 Å². The Bertz CT molecular complexity index is 728. The molecule has 5 nitrogen and oxygen atoms in total. The predicted molar refractivity (Wildman–Crippen MR) is 98.9 cm³/mol. The average Bonchev–Trinajstić information content (AvgIpc) is 2.60. The third kappa shape index (κ3) is 5.14. The van der Waals surface area contributed by atoms with Crippen molar-refractivity contribution in [1.29, 1.82) is 0 Å². The molecule has 0 atom stereocenters. The Kier molecular flexibility index (Phi) is 6.69. The summed E-state index contributed by atoms with van der Waals surface area (Å²) in [5.74, 6) is 0.585. The molecule has 25 heavy (non-hydrogen) atoms. The Morgan fingerprint density at radius 3 is 2.52 bits per heavy atom. The van der Waals surface area contributed by atoms with Crippen molar-refractivity contribution < 1.29 is 19.4 Å². The van der Waals surface area contributed by atoms with E-state index >= 15 is 0 Å². The van der Waals surface area contributed by atoms with E-state index in [0.29, 0.717) is 25.3 Å². The van der Waals surface area contributed by atoms with E-state index in [4.69, 9.17) is 14.6 Å². The maximum Gasteiger partial charge on any atom is 0.335 e. The molecule has 134 valence electrons. The van der Waals surface area contributed by atoms with Crippen LogP contribution in [0.3, 0.4) is 0 Å². The minimum Gasteiger partial charge on any atom is -0.490 e. The van der Waals surface area contributed by atoms with Gasteiger partial charge in [-0.15, -0.1) is 0 Å². The second kappa shape index (κ2) is 8.97. The summed E-state index contributed by atoms with van der Waals surface area (Å²) in [5.41, 5.74) is 3.16. The first-order valence-electron chi connectivity index (χ1n) is 8.51. The molecular weight excluding hydrogens is 318 g/mol. The van der Waals surface area contributed by atoms with E-state index in [2.05, 4.69) is 12.2 Å². The molecule has 0 fully saturated rings. The van der Waals surface area contributed by atoms with Gasteiger partial charge >= 0.3 is 5.97 Å². The fourth-order valence-corrected chi connectivity index (χ4v) is 2.45. The zero-order valence-electron chi connectivity index (χ0n) is 15.0. The van der Waals surface area contributed by atoms with E-state index < -0.39 is 5.97 Å². The zero-order valence-corrected chi connectivity index (χ0v) is 15.0. The van der Waals surface area contributed by atoms with Crippen LogP contribution in [-0.2, 0) is 6.54 Å². The number of rotatable bonds is 9. The number of hydrogen-bond donors (Lipinski definition) is 2. The van der Waals surface area contributed by atoms with E-state index in [0.717, 1.165) is 34.7 Å². The topological polar surface area (TPSA) is 67.8 Å². The summed E-state index contributed by atoms with van der Waals surface area (Å²) in [5, 5.41) is 12.4. The van der Waals surface area contributed by atoms with Crippen molar-refractivity contribution in [2.45, 2.75) is 33.7 Å². The largest absolute Gasteiger partial charge is 0.490 e. The Morgan fingerprint density at radius 2 is 1.88 bits per heavy atom. The van der Waals surface area contributed by atoms with Crippen LogP contribution in [-0.4, -0.2) is 24.3 Å². The molecule has 0 radical (unpaired) electrons. The summed E-state index contributed by atoms with van der Waals surface area (Å²) in [6, 6.07) is 11.0. The third-order valence-electron chi connectivity index (χ3n) is 3.73. The molecule has 0 amide bonds. The summed E-state index contributed by atoms with van der Waals surface area (Å²) in [6.45, 7) is 7.75. The molecule has 2 N–H and O–H groups in total. The van der Waals surface area contributed by atoms with Crippen LogP contribution in [0.15, 0.2) is 36.4 Å². The number of aromatic carboxylic acids is 1. The molecule has 2 aromatic rings. The van der Waals surface area contributed by atoms with Gasteiger partial charge in [-0.25, -0.2) is 4.79 Å². The molecule has 0 aliphatic heterocycles. The molecule has 0 spiro atoms. The first kappa shape index (κ1) is 18.6. The molecule has 0 unspecified atom stereocenters. The number of anilines is 1. The lowest BCUT2D eigenvalue weighted by Crippen LogP contribution is -2.05. The number of ether oxygens (including phenoxy) is 2. The van der Waals surface area contributed by atoms with Gasteiger partial charge in [-0.1, -0.05) is 13.0 Å². The quantitative estimate of drug-likeness (QED) is 0.702. The SMILES string of the molecule is CCCOc1ccc(CNc2ccc(C(=O)O)cc2C)cc1OCC. The molecule has 2 rings (SSSR count). The van der Waals surface area contributed by atoms with E-state index in [1.54, 1.807) is 18.2 Å². The number of benzene rings is 2. The smallest absolute Gasteiger partial charge is 0.335 e. The molecule has 0 heterocycles. The molecule has 0 saturated carbocycles. The number of nitrogens with one attached hydrogen (secondary N) is 1. The monoisotopic (exact) mass is 343 g/mol. The highest BCUT2D eigenvalue weighted by atomic mass is 16.5. The summed E-state index contributed by atoms with van der Waals surface area (Å²) in [6.07, 6.45) is 0.945. The highest BCUT2D eigenvalue weighted by Gasteiger charge is 2.08. The second-order valence-electron chi connectivity index (χ2n) is 5.75. The van der Waals surface area contributed by atoms with Crippen molar-refractivity contribution in [3.05, 3.63) is 53.1 Å². The van der Waals surface area contributed by atoms with Crippen LogP contribution in [0.1, 0.15) is 41.8 Å². The fraction of sp³-hybridized carbons (Fsp3) is 0.350. The van der Waals surface area contributed by atoms with Crippen molar-refractivity contribution in [2.75, 3.05) is 18.5 Å². The van der Waals surface area contributed by atoms with E-state index in [9.17, 15) is 4.79 Å². The summed E-state index contributed by atoms with van der Waals surface area (Å²) in [7, 11) is 0. The lowest BCUT2D eigenvalue weighted by Gasteiger charge is -2.14. The molecule has 0 bridgehead atoms. The first-order valence-corrected chi connectivity index (χ1v) is 8.51. The number of hydrogen-bond acceptors (Lipinski definition) is 4. The number of aryl methyl sites for hydroxylation is 1. The maximum absolute atomic E-state index is 11.0. The Hall–Kier alpha value is -2.69. The zero-order chi connectivity index (χ0) is 18.2. The van der Waals surface area contributed by atoms with Crippen molar-refractivity contribution in [1.82, 2.24) is 0 Å². The molecule has 0 aliphatic rings. The van der Waals surface area contributed by atoms with Crippen molar-refractivity contribution in [3.63, 3.8) is 0 Å². The summed E-state index contributed by atoms with van der Waals surface area (Å²) in [4.78, 5) is 11.0. The third-order valence-corrected chi connectivity index (χ3v) is 3.73. The van der Waals surface area contributed by atoms with Gasteiger partial charge < -0.3 is 19.9 Å². The summed E-state index contributed by atoms with van der Waals surface area (Å²) < 4.78 is 11.4. The van der Waals surface area contributed by atoms with Gasteiger partial charge in [0.05, 0.1) is 18.8 Å². The van der Waals surface area contributed by atoms with Gasteiger partial charge in [0.15, 0.2) is 11.5 Å². The van der Waals surface area contributed by atoms with Crippen LogP contribution < -0.4 is 14.8 Å². The van der Waals surface area contributed by atoms with Crippen molar-refractivity contribution >= 4 is 11.7 Å². The van der Waals surface area contributed by atoms with Crippen LogP contribution in [0, 0.1) is 6.92 Å². The number of carbonyl (C=O) groups is 1. The van der Waals surface area contributed by atoms with E-state index in [1.807, 2.05) is 32.0 Å². The van der Waals surface area contributed by atoms with Gasteiger partial charge in [-0.05, 0) is 61.7 Å². The molecular formula is C20H25NO4. The van der Waals surface area contributed by atoms with Gasteiger partial charge in [0.25, 0.3) is 0 Å². The Labute approximate surface area is 148 Å². The Morgan fingerprint density at radius 1 is 1.08 bits per heavy atom. The average molecular weight is 343 g/mol. The highest BCUT2D eigenvalue weighted by Crippen LogP contribution is 2.29. The lowest BCUT2D eigenvalue weighted by molar-refractivity contribution is 0.0697. The first-order chi connectivity index (χ1) is 12.0. The minimum atomic E-state index is -0.918. The fourth-order valence-electron chi connectivity index (χ4n) is 2.45. The maximum atomic E-state index is 11.0. The van der Waals surface area contributed by atoms with E-state index in [-0.39, 0.29) is 0 Å². The summed E-state index contributed by atoms with van der Waals surface area (Å²) >= 11 is 0.